The first-order valence-corrected chi connectivity index (χ1v) is 7.49. The molecule has 0 amide bonds. The van der Waals surface area contributed by atoms with Crippen molar-refractivity contribution in [2.24, 2.45) is 5.92 Å². The van der Waals surface area contributed by atoms with Gasteiger partial charge in [-0.05, 0) is 65.5 Å². The van der Waals surface area contributed by atoms with Crippen LogP contribution in [-0.4, -0.2) is 36.6 Å². The van der Waals surface area contributed by atoms with Crippen LogP contribution < -0.4 is 5.32 Å². The maximum atomic E-state index is 3.51. The highest BCUT2D eigenvalue weighted by atomic mass is 15.2. The topological polar surface area (TPSA) is 15.3 Å². The van der Waals surface area contributed by atoms with Crippen LogP contribution in [0.2, 0.25) is 0 Å². The summed E-state index contributed by atoms with van der Waals surface area (Å²) in [7, 11) is 2.32. The van der Waals surface area contributed by atoms with E-state index >= 15 is 0 Å². The summed E-state index contributed by atoms with van der Waals surface area (Å²) in [5.41, 5.74) is 0. The first-order chi connectivity index (χ1) is 8.04. The largest absolute Gasteiger partial charge is 0.314 e. The minimum atomic E-state index is 0.639. The number of nitrogens with one attached hydrogen (secondary N) is 1. The molecule has 0 bridgehead atoms. The lowest BCUT2D eigenvalue weighted by Crippen LogP contribution is -2.43. The van der Waals surface area contributed by atoms with Crippen molar-refractivity contribution in [3.63, 3.8) is 0 Å². The van der Waals surface area contributed by atoms with E-state index in [1.54, 1.807) is 0 Å². The zero-order valence-corrected chi connectivity index (χ0v) is 12.5. The molecule has 1 rings (SSSR count). The molecule has 0 heterocycles. The van der Waals surface area contributed by atoms with Crippen molar-refractivity contribution in [1.29, 1.82) is 0 Å². The smallest absolute Gasteiger partial charge is 0.00952 e. The lowest BCUT2D eigenvalue weighted by atomic mass is 9.86. The fourth-order valence-corrected chi connectivity index (χ4v) is 3.12. The lowest BCUT2D eigenvalue weighted by Gasteiger charge is -2.38. The third-order valence-corrected chi connectivity index (χ3v) is 4.50. The minimum absolute atomic E-state index is 0.639. The van der Waals surface area contributed by atoms with Gasteiger partial charge < -0.3 is 10.2 Å². The van der Waals surface area contributed by atoms with Gasteiger partial charge in [-0.3, -0.25) is 0 Å². The van der Waals surface area contributed by atoms with Crippen molar-refractivity contribution >= 4 is 0 Å². The molecule has 1 fully saturated rings. The van der Waals surface area contributed by atoms with E-state index in [9.17, 15) is 0 Å². The Hall–Kier alpha value is -0.0800. The van der Waals surface area contributed by atoms with E-state index in [0.717, 1.165) is 18.5 Å². The molecule has 102 valence electrons. The van der Waals surface area contributed by atoms with Gasteiger partial charge in [-0.15, -0.1) is 0 Å². The van der Waals surface area contributed by atoms with Crippen LogP contribution >= 0.6 is 0 Å². The number of nitrogens with zero attached hydrogens (tertiary/aromatic N) is 1. The van der Waals surface area contributed by atoms with Crippen molar-refractivity contribution < 1.29 is 0 Å². The van der Waals surface area contributed by atoms with Crippen molar-refractivity contribution in [3.05, 3.63) is 0 Å². The summed E-state index contributed by atoms with van der Waals surface area (Å²) in [5.74, 6) is 0.954. The molecule has 0 spiro atoms. The molecule has 1 aliphatic rings. The Balaban J connectivity index is 2.32. The molecule has 2 atom stereocenters. The summed E-state index contributed by atoms with van der Waals surface area (Å²) in [6.45, 7) is 10.3. The Kier molecular flexibility index (Phi) is 6.50. The van der Waals surface area contributed by atoms with Gasteiger partial charge in [0.2, 0.25) is 0 Å². The van der Waals surface area contributed by atoms with E-state index in [4.69, 9.17) is 0 Å². The van der Waals surface area contributed by atoms with Crippen LogP contribution in [0.5, 0.6) is 0 Å². The van der Waals surface area contributed by atoms with E-state index in [0.29, 0.717) is 12.1 Å². The lowest BCUT2D eigenvalue weighted by molar-refractivity contribution is 0.121. The summed E-state index contributed by atoms with van der Waals surface area (Å²) < 4.78 is 0. The predicted octanol–water partition coefficient (Wildman–Crippen LogP) is 3.27. The average Bonchev–Trinajstić information content (AvgIpc) is 2.29. The maximum Gasteiger partial charge on any atom is 0.00952 e. The fraction of sp³-hybridized carbons (Fsp3) is 1.00. The van der Waals surface area contributed by atoms with E-state index in [-0.39, 0.29) is 0 Å². The second-order valence-electron chi connectivity index (χ2n) is 6.12. The summed E-state index contributed by atoms with van der Waals surface area (Å²) in [5, 5.41) is 3.51. The first-order valence-electron chi connectivity index (χ1n) is 7.49. The molecule has 1 aliphatic carbocycles. The molecule has 0 radical (unpaired) electrons. The van der Waals surface area contributed by atoms with E-state index in [1.807, 2.05) is 0 Å². The van der Waals surface area contributed by atoms with Crippen LogP contribution in [0.15, 0.2) is 0 Å². The van der Waals surface area contributed by atoms with Crippen LogP contribution in [0.3, 0.4) is 0 Å². The number of hydrogen-bond donors (Lipinski definition) is 1. The van der Waals surface area contributed by atoms with Gasteiger partial charge in [0.05, 0.1) is 0 Å². The summed E-state index contributed by atoms with van der Waals surface area (Å²) in [6, 6.07) is 2.16. The summed E-state index contributed by atoms with van der Waals surface area (Å²) in [6.07, 6.45) is 6.90. The van der Waals surface area contributed by atoms with E-state index in [1.165, 1.54) is 32.1 Å². The minimum Gasteiger partial charge on any atom is -0.314 e. The Morgan fingerprint density at radius 1 is 1.18 bits per heavy atom. The zero-order chi connectivity index (χ0) is 12.8. The Labute approximate surface area is 108 Å². The van der Waals surface area contributed by atoms with Crippen LogP contribution in [0, 0.1) is 5.92 Å². The molecule has 0 aromatic heterocycles. The molecule has 2 unspecified atom stereocenters. The molecule has 0 aromatic carbocycles. The predicted molar refractivity (Wildman–Crippen MR) is 76.4 cm³/mol. The quantitative estimate of drug-likeness (QED) is 0.766. The second kappa shape index (κ2) is 7.38. The summed E-state index contributed by atoms with van der Waals surface area (Å²) in [4.78, 5) is 2.62. The van der Waals surface area contributed by atoms with Crippen LogP contribution in [0.25, 0.3) is 0 Å². The Morgan fingerprint density at radius 3 is 2.29 bits per heavy atom. The van der Waals surface area contributed by atoms with Gasteiger partial charge in [0.15, 0.2) is 0 Å². The standard InChI is InChI=1S/C15H32N2/c1-6-16-13(3)11-14(4)17(5)15-9-7-12(2)8-10-15/h12-16H,6-11H2,1-5H3. The third-order valence-electron chi connectivity index (χ3n) is 4.50. The molecule has 0 aliphatic heterocycles. The number of hydrogen-bond acceptors (Lipinski definition) is 2. The summed E-state index contributed by atoms with van der Waals surface area (Å²) >= 11 is 0. The van der Waals surface area contributed by atoms with Gasteiger partial charge in [-0.25, -0.2) is 0 Å². The van der Waals surface area contributed by atoms with E-state index < -0.39 is 0 Å². The first kappa shape index (κ1) is 15.0. The SMILES string of the molecule is CCNC(C)CC(C)N(C)C1CCC(C)CC1. The highest BCUT2D eigenvalue weighted by Crippen LogP contribution is 2.27. The maximum absolute atomic E-state index is 3.51. The van der Waals surface area contributed by atoms with Crippen molar-refractivity contribution in [2.45, 2.75) is 77.9 Å². The van der Waals surface area contributed by atoms with Crippen molar-refractivity contribution in [1.82, 2.24) is 10.2 Å². The Bertz CT molecular complexity index is 197. The normalized spacial score (nSPS) is 29.3. The van der Waals surface area contributed by atoms with Crippen LogP contribution in [0.4, 0.5) is 0 Å². The average molecular weight is 240 g/mol. The molecule has 1 saturated carbocycles. The molecule has 2 heteroatoms. The molecular formula is C15H32N2. The van der Waals surface area contributed by atoms with Crippen molar-refractivity contribution in [2.75, 3.05) is 13.6 Å². The van der Waals surface area contributed by atoms with E-state index in [2.05, 4.69) is 45.0 Å². The zero-order valence-electron chi connectivity index (χ0n) is 12.5. The fourth-order valence-electron chi connectivity index (χ4n) is 3.12. The van der Waals surface area contributed by atoms with Crippen molar-refractivity contribution in [3.8, 4) is 0 Å². The molecule has 2 nitrogen and oxygen atoms in total. The van der Waals surface area contributed by atoms with Gasteiger partial charge >= 0.3 is 0 Å². The highest BCUT2D eigenvalue weighted by molar-refractivity contribution is 4.81. The molecule has 1 N–H and O–H groups in total. The van der Waals surface area contributed by atoms with Crippen LogP contribution in [0.1, 0.15) is 59.8 Å². The molecular weight excluding hydrogens is 208 g/mol. The second-order valence-corrected chi connectivity index (χ2v) is 6.12. The monoisotopic (exact) mass is 240 g/mol. The van der Waals surface area contributed by atoms with Gasteiger partial charge in [0.1, 0.15) is 0 Å². The van der Waals surface area contributed by atoms with Gasteiger partial charge in [0, 0.05) is 18.1 Å². The highest BCUT2D eigenvalue weighted by Gasteiger charge is 2.25. The Morgan fingerprint density at radius 2 is 1.76 bits per heavy atom. The van der Waals surface area contributed by atoms with Gasteiger partial charge in [0.25, 0.3) is 0 Å². The van der Waals surface area contributed by atoms with Gasteiger partial charge in [-0.1, -0.05) is 13.8 Å². The number of rotatable bonds is 6. The molecule has 17 heavy (non-hydrogen) atoms. The third kappa shape index (κ3) is 4.97. The molecule has 0 saturated heterocycles. The molecule has 0 aromatic rings. The van der Waals surface area contributed by atoms with Crippen LogP contribution in [-0.2, 0) is 0 Å². The van der Waals surface area contributed by atoms with Gasteiger partial charge in [-0.2, -0.15) is 0 Å².